The maximum atomic E-state index is 15.3. The average molecular weight is 1270 g/mol. The van der Waals surface area contributed by atoms with Crippen molar-refractivity contribution in [2.75, 3.05) is 32.6 Å². The van der Waals surface area contributed by atoms with Crippen LogP contribution in [0.4, 0.5) is 0 Å². The average Bonchev–Trinajstić information content (AvgIpc) is 3.66. The third-order valence-electron chi connectivity index (χ3n) is 19.2. The van der Waals surface area contributed by atoms with Gasteiger partial charge in [-0.05, 0) is 38.5 Å². The summed E-state index contributed by atoms with van der Waals surface area (Å²) < 4.78 is 56.1. The SMILES string of the molecule is CCCCCCCCCCCCCCCCCCOP(=O)(CCC(CCCC)P(=O)(OCCCCCCCCCCCCCCCCCC)OCCCCCCCCCCCCCCCCCC)OCCCCCCCCCCCCCCCCCC. The molecule has 0 aliphatic rings. The van der Waals surface area contributed by atoms with E-state index >= 15 is 4.57 Å². The lowest BCUT2D eigenvalue weighted by atomic mass is 10.0. The minimum absolute atomic E-state index is 0.286. The molecule has 0 heterocycles. The highest BCUT2D eigenvalue weighted by Gasteiger charge is 2.38. The Labute approximate surface area is 549 Å². The van der Waals surface area contributed by atoms with E-state index in [1.165, 1.54) is 360 Å². The van der Waals surface area contributed by atoms with Crippen LogP contribution in [-0.2, 0) is 27.2 Å². The van der Waals surface area contributed by atoms with Gasteiger partial charge in [0.25, 0.3) is 0 Å². The fourth-order valence-electron chi connectivity index (χ4n) is 13.0. The summed E-state index contributed by atoms with van der Waals surface area (Å²) in [5.74, 6) is 0. The normalized spacial score (nSPS) is 12.6. The van der Waals surface area contributed by atoms with Crippen molar-refractivity contribution in [2.45, 2.75) is 477 Å². The van der Waals surface area contributed by atoms with Crippen LogP contribution in [0.1, 0.15) is 471 Å². The molecule has 0 spiro atoms. The Balaban J connectivity index is 5.42. The Morgan fingerprint density at radius 1 is 0.195 bits per heavy atom. The minimum Gasteiger partial charge on any atom is -0.309 e. The molecule has 0 rings (SSSR count). The molecule has 1 atom stereocenters. The van der Waals surface area contributed by atoms with Gasteiger partial charge in [0.15, 0.2) is 0 Å². The molecule has 0 aromatic rings. The molecule has 1 unspecified atom stereocenters. The van der Waals surface area contributed by atoms with E-state index in [4.69, 9.17) is 18.1 Å². The molecule has 0 aliphatic heterocycles. The molecule has 0 fully saturated rings. The molecule has 0 amide bonds. The second-order valence-corrected chi connectivity index (χ2v) is 32.5. The van der Waals surface area contributed by atoms with Crippen molar-refractivity contribution in [1.29, 1.82) is 0 Å². The zero-order valence-electron chi connectivity index (χ0n) is 60.5. The Morgan fingerprint density at radius 2 is 0.356 bits per heavy atom. The first-order chi connectivity index (χ1) is 42.9. The highest BCUT2D eigenvalue weighted by Crippen LogP contribution is 2.59. The van der Waals surface area contributed by atoms with Crippen LogP contribution < -0.4 is 0 Å². The Hall–Kier alpha value is 0.300. The number of rotatable bonds is 79. The highest BCUT2D eigenvalue weighted by atomic mass is 31.2. The van der Waals surface area contributed by atoms with Gasteiger partial charge in [0.1, 0.15) is 0 Å². The molecule has 0 aromatic carbocycles. The molecule has 87 heavy (non-hydrogen) atoms. The van der Waals surface area contributed by atoms with Crippen molar-refractivity contribution in [2.24, 2.45) is 0 Å². The Bertz CT molecular complexity index is 1280. The summed E-state index contributed by atoms with van der Waals surface area (Å²) >= 11 is 0. The monoisotopic (exact) mass is 1270 g/mol. The third kappa shape index (κ3) is 66.1. The van der Waals surface area contributed by atoms with Crippen molar-refractivity contribution >= 4 is 15.2 Å². The summed E-state index contributed by atoms with van der Waals surface area (Å²) in [6, 6.07) is 0. The predicted molar refractivity (Wildman–Crippen MR) is 390 cm³/mol. The maximum absolute atomic E-state index is 15.3. The van der Waals surface area contributed by atoms with Gasteiger partial charge < -0.3 is 18.1 Å². The topological polar surface area (TPSA) is 71.1 Å². The minimum atomic E-state index is -3.49. The quantitative estimate of drug-likeness (QED) is 0.0446. The van der Waals surface area contributed by atoms with Crippen molar-refractivity contribution < 1.29 is 27.2 Å². The van der Waals surface area contributed by atoms with Crippen LogP contribution in [0.3, 0.4) is 0 Å². The zero-order valence-corrected chi connectivity index (χ0v) is 62.3. The van der Waals surface area contributed by atoms with E-state index in [0.29, 0.717) is 32.8 Å². The van der Waals surface area contributed by atoms with Crippen LogP contribution in [0.15, 0.2) is 0 Å². The second-order valence-electron chi connectivity index (χ2n) is 28.0. The van der Waals surface area contributed by atoms with Gasteiger partial charge in [0.05, 0.1) is 38.2 Å². The zero-order chi connectivity index (χ0) is 63.0. The van der Waals surface area contributed by atoms with E-state index in [2.05, 4.69) is 34.6 Å². The lowest BCUT2D eigenvalue weighted by molar-refractivity contribution is 0.185. The Morgan fingerprint density at radius 3 is 0.540 bits per heavy atom. The van der Waals surface area contributed by atoms with E-state index < -0.39 is 15.2 Å². The fraction of sp³-hybridized carbons (Fsp3) is 1.00. The summed E-state index contributed by atoms with van der Waals surface area (Å²) in [6.07, 6.45) is 88.3. The Kier molecular flexibility index (Phi) is 74.0. The highest BCUT2D eigenvalue weighted by molar-refractivity contribution is 7.55. The van der Waals surface area contributed by atoms with Crippen LogP contribution in [0.2, 0.25) is 0 Å². The molecule has 0 aliphatic carbocycles. The number of hydrogen-bond donors (Lipinski definition) is 0. The molecule has 524 valence electrons. The first-order valence-electron chi connectivity index (χ1n) is 40.7. The molecule has 0 radical (unpaired) electrons. The summed E-state index contributed by atoms with van der Waals surface area (Å²) in [7, 11) is -6.90. The molecule has 8 heteroatoms. The van der Waals surface area contributed by atoms with Gasteiger partial charge in [-0.3, -0.25) is 9.13 Å². The third-order valence-corrected chi connectivity index (χ3v) is 23.6. The van der Waals surface area contributed by atoms with Gasteiger partial charge in [0, 0.05) is 0 Å². The van der Waals surface area contributed by atoms with E-state index in [-0.39, 0.29) is 11.8 Å². The van der Waals surface area contributed by atoms with Crippen molar-refractivity contribution in [3.05, 3.63) is 0 Å². The van der Waals surface area contributed by atoms with Crippen LogP contribution >= 0.6 is 15.2 Å². The first-order valence-corrected chi connectivity index (χ1v) is 44.0. The number of hydrogen-bond acceptors (Lipinski definition) is 6. The summed E-state index contributed by atoms with van der Waals surface area (Å²) in [5, 5.41) is 0. The van der Waals surface area contributed by atoms with E-state index in [0.717, 1.165) is 70.6 Å². The first kappa shape index (κ1) is 87.3. The molecular formula is C79H162O6P2. The van der Waals surface area contributed by atoms with Gasteiger partial charge in [0.2, 0.25) is 0 Å². The molecule has 0 bridgehead atoms. The fourth-order valence-corrected chi connectivity index (χ4v) is 17.2. The summed E-state index contributed by atoms with van der Waals surface area (Å²) in [5.41, 5.74) is -0.300. The van der Waals surface area contributed by atoms with Crippen LogP contribution in [-0.4, -0.2) is 38.2 Å². The van der Waals surface area contributed by atoms with E-state index in [1.807, 2.05) is 0 Å². The van der Waals surface area contributed by atoms with E-state index in [9.17, 15) is 4.57 Å². The standard InChI is InChI=1S/C79H162O6P2/c1-6-11-16-20-24-28-32-36-40-44-48-52-56-60-64-68-74-82-86(80,83-75-69-65-61-57-53-49-45-41-37-33-29-25-21-17-12-7-2)78-73-79(72-15-10-5)87(81,84-76-70-66-62-58-54-50-46-42-38-34-30-26-22-18-13-8-3)85-77-71-67-63-59-55-51-47-43-39-35-31-27-23-19-14-9-4/h79H,6-78H2,1-5H3. The molecule has 0 saturated heterocycles. The lowest BCUT2D eigenvalue weighted by Crippen LogP contribution is -2.17. The summed E-state index contributed by atoms with van der Waals surface area (Å²) in [4.78, 5) is 0. The maximum Gasteiger partial charge on any atom is 0.333 e. The summed E-state index contributed by atoms with van der Waals surface area (Å²) in [6.45, 7) is 13.3. The molecule has 0 saturated carbocycles. The predicted octanol–water partition coefficient (Wildman–Crippen LogP) is 30.4. The van der Waals surface area contributed by atoms with Crippen molar-refractivity contribution in [3.8, 4) is 0 Å². The van der Waals surface area contributed by atoms with Crippen LogP contribution in [0.25, 0.3) is 0 Å². The molecular weight excluding hydrogens is 1110 g/mol. The van der Waals surface area contributed by atoms with Crippen LogP contribution in [0, 0.1) is 0 Å². The largest absolute Gasteiger partial charge is 0.333 e. The van der Waals surface area contributed by atoms with Gasteiger partial charge in [-0.15, -0.1) is 0 Å². The van der Waals surface area contributed by atoms with Gasteiger partial charge in [-0.25, -0.2) is 0 Å². The molecule has 6 nitrogen and oxygen atoms in total. The van der Waals surface area contributed by atoms with Crippen molar-refractivity contribution in [1.82, 2.24) is 0 Å². The van der Waals surface area contributed by atoms with Crippen molar-refractivity contribution in [3.63, 3.8) is 0 Å². The van der Waals surface area contributed by atoms with Crippen LogP contribution in [0.5, 0.6) is 0 Å². The number of unbranched alkanes of at least 4 members (excludes halogenated alkanes) is 61. The van der Waals surface area contributed by atoms with Gasteiger partial charge in [-0.1, -0.05) is 433 Å². The van der Waals surface area contributed by atoms with E-state index in [1.54, 1.807) is 0 Å². The molecule has 0 N–H and O–H groups in total. The lowest BCUT2D eigenvalue weighted by Gasteiger charge is -2.28. The van der Waals surface area contributed by atoms with Gasteiger partial charge in [-0.2, -0.15) is 0 Å². The smallest absolute Gasteiger partial charge is 0.309 e. The second kappa shape index (κ2) is 73.7. The van der Waals surface area contributed by atoms with Gasteiger partial charge >= 0.3 is 15.2 Å². The molecule has 0 aromatic heterocycles.